The monoisotopic (exact) mass is 438 g/mol. The fourth-order valence-corrected chi connectivity index (χ4v) is 11.6. The summed E-state index contributed by atoms with van der Waals surface area (Å²) in [7, 11) is -4.78. The fraction of sp³-hybridized carbons (Fsp3) is 1.00. The first-order valence-corrected chi connectivity index (χ1v) is 18.3. The van der Waals surface area contributed by atoms with E-state index in [4.69, 9.17) is 0 Å². The minimum absolute atomic E-state index is 0.938. The van der Waals surface area contributed by atoms with Gasteiger partial charge in [-0.15, -0.1) is 0 Å². The topological polar surface area (TPSA) is 51.2 Å². The molecule has 0 bridgehead atoms. The van der Waals surface area contributed by atoms with Crippen LogP contribution in [0.4, 0.5) is 0 Å². The molecule has 27 heavy (non-hydrogen) atoms. The summed E-state index contributed by atoms with van der Waals surface area (Å²) < 4.78 is 34.8. The summed E-state index contributed by atoms with van der Waals surface area (Å²) in [5, 5.41) is 0. The van der Waals surface area contributed by atoms with Crippen LogP contribution in [-0.2, 0) is 13.7 Å². The Hall–Kier alpha value is 0.690. The van der Waals surface area contributed by atoms with Crippen molar-refractivity contribution in [3.8, 4) is 0 Å². The van der Waals surface area contributed by atoms with Crippen LogP contribution >= 0.6 is 21.4 Å². The third-order valence-electron chi connectivity index (χ3n) is 6.62. The van der Waals surface area contributed by atoms with Crippen molar-refractivity contribution in [1.29, 1.82) is 0 Å². The van der Waals surface area contributed by atoms with E-state index >= 15 is 0 Å². The number of rotatable bonds is 3. The number of hydrogen-bond acceptors (Lipinski definition) is 3. The van der Waals surface area contributed by atoms with Gasteiger partial charge in [-0.25, -0.2) is 0 Å². The first-order valence-electron chi connectivity index (χ1n) is 11.5. The molecular formula is C21H45O3P3. The van der Waals surface area contributed by atoms with Gasteiger partial charge < -0.3 is 13.7 Å². The van der Waals surface area contributed by atoms with E-state index in [-0.39, 0.29) is 0 Å². The average Bonchev–Trinajstić information content (AvgIpc) is 3.01. The maximum absolute atomic E-state index is 11.8. The van der Waals surface area contributed by atoms with Crippen molar-refractivity contribution in [3.63, 3.8) is 0 Å². The van der Waals surface area contributed by atoms with Gasteiger partial charge in [0.15, 0.2) is 0 Å². The highest BCUT2D eigenvalue weighted by Gasteiger charge is 2.24. The van der Waals surface area contributed by atoms with E-state index in [2.05, 4.69) is 13.8 Å². The summed E-state index contributed by atoms with van der Waals surface area (Å²) >= 11 is 0. The van der Waals surface area contributed by atoms with Crippen molar-refractivity contribution in [2.75, 3.05) is 55.5 Å². The quantitative estimate of drug-likeness (QED) is 0.425. The molecule has 0 atom stereocenters. The van der Waals surface area contributed by atoms with Crippen LogP contribution in [0.25, 0.3) is 0 Å². The second kappa shape index (κ2) is 13.1. The predicted octanol–water partition coefficient (Wildman–Crippen LogP) is 7.66. The molecule has 0 aromatic heterocycles. The summed E-state index contributed by atoms with van der Waals surface area (Å²) in [6.07, 6.45) is 20.2. The SMILES string of the molecule is CCP1(=O)CCCC1.CCP1(=O)CCCCC1.CCP1(=O)CCCCCC1. The third kappa shape index (κ3) is 10.3. The van der Waals surface area contributed by atoms with Crippen molar-refractivity contribution in [2.24, 2.45) is 0 Å². The molecule has 0 aliphatic carbocycles. The Balaban J connectivity index is 0.000000204. The van der Waals surface area contributed by atoms with Crippen molar-refractivity contribution < 1.29 is 13.7 Å². The van der Waals surface area contributed by atoms with Gasteiger partial charge in [0.05, 0.1) is 21.4 Å². The Labute approximate surface area is 169 Å². The maximum atomic E-state index is 11.8. The van der Waals surface area contributed by atoms with Gasteiger partial charge >= 0.3 is 0 Å². The highest BCUT2D eigenvalue weighted by molar-refractivity contribution is 7.64. The summed E-state index contributed by atoms with van der Waals surface area (Å²) in [6, 6.07) is 0. The lowest BCUT2D eigenvalue weighted by atomic mass is 10.2. The summed E-state index contributed by atoms with van der Waals surface area (Å²) in [5.74, 6) is 0. The van der Waals surface area contributed by atoms with Gasteiger partial charge in [0.25, 0.3) is 0 Å². The molecule has 0 radical (unpaired) electrons. The minimum Gasteiger partial charge on any atom is -0.324 e. The molecule has 6 heteroatoms. The van der Waals surface area contributed by atoms with Gasteiger partial charge in [0.1, 0.15) is 0 Å². The molecule has 3 aliphatic rings. The normalized spacial score (nSPS) is 25.9. The van der Waals surface area contributed by atoms with Crippen molar-refractivity contribution in [3.05, 3.63) is 0 Å². The molecular weight excluding hydrogens is 393 g/mol. The molecule has 3 aliphatic heterocycles. The zero-order valence-electron chi connectivity index (χ0n) is 18.3. The summed E-state index contributed by atoms with van der Waals surface area (Å²) in [5.41, 5.74) is 0. The van der Waals surface area contributed by atoms with Crippen molar-refractivity contribution in [1.82, 2.24) is 0 Å². The van der Waals surface area contributed by atoms with E-state index in [9.17, 15) is 13.7 Å². The molecule has 0 aromatic carbocycles. The number of hydrogen-bond donors (Lipinski definition) is 0. The van der Waals surface area contributed by atoms with E-state index in [0.29, 0.717) is 0 Å². The molecule has 3 nitrogen and oxygen atoms in total. The molecule has 0 N–H and O–H groups in total. The van der Waals surface area contributed by atoms with Crippen LogP contribution in [0.5, 0.6) is 0 Å². The lowest BCUT2D eigenvalue weighted by Crippen LogP contribution is -2.04. The molecule has 0 amide bonds. The molecule has 3 rings (SSSR count). The van der Waals surface area contributed by atoms with Crippen LogP contribution in [-0.4, -0.2) is 55.5 Å². The Morgan fingerprint density at radius 2 is 0.593 bits per heavy atom. The van der Waals surface area contributed by atoms with Gasteiger partial charge in [0.2, 0.25) is 0 Å². The molecule has 0 unspecified atom stereocenters. The maximum Gasteiger partial charge on any atom is 0.0875 e. The second-order valence-corrected chi connectivity index (χ2v) is 19.6. The zero-order valence-corrected chi connectivity index (χ0v) is 21.0. The Kier molecular flexibility index (Phi) is 12.5. The zero-order chi connectivity index (χ0) is 20.2. The van der Waals surface area contributed by atoms with Crippen molar-refractivity contribution in [2.45, 2.75) is 78.6 Å². The highest BCUT2D eigenvalue weighted by atomic mass is 31.2. The molecule has 0 saturated carbocycles. The van der Waals surface area contributed by atoms with Crippen LogP contribution in [0.2, 0.25) is 0 Å². The van der Waals surface area contributed by atoms with Crippen molar-refractivity contribution >= 4 is 21.4 Å². The molecule has 3 heterocycles. The highest BCUT2D eigenvalue weighted by Crippen LogP contribution is 2.51. The van der Waals surface area contributed by atoms with Gasteiger partial charge in [-0.2, -0.15) is 0 Å². The van der Waals surface area contributed by atoms with Gasteiger partial charge in [-0.3, -0.25) is 0 Å². The summed E-state index contributed by atoms with van der Waals surface area (Å²) in [4.78, 5) is 0. The molecule has 0 spiro atoms. The fourth-order valence-electron chi connectivity index (χ4n) is 4.21. The molecule has 162 valence electrons. The largest absolute Gasteiger partial charge is 0.324 e. The molecule has 3 saturated heterocycles. The first kappa shape index (κ1) is 25.7. The Morgan fingerprint density at radius 3 is 0.815 bits per heavy atom. The first-order chi connectivity index (χ1) is 12.8. The summed E-state index contributed by atoms with van der Waals surface area (Å²) in [6.45, 7) is 6.18. The van der Waals surface area contributed by atoms with E-state index < -0.39 is 21.4 Å². The second-order valence-electron chi connectivity index (χ2n) is 8.65. The molecule has 3 fully saturated rings. The third-order valence-corrected chi connectivity index (χ3v) is 16.9. The molecule has 0 aromatic rings. The Bertz CT molecular complexity index is 513. The van der Waals surface area contributed by atoms with E-state index in [1.807, 2.05) is 6.92 Å². The average molecular weight is 439 g/mol. The van der Waals surface area contributed by atoms with E-state index in [0.717, 1.165) is 55.5 Å². The van der Waals surface area contributed by atoms with Crippen LogP contribution in [0.15, 0.2) is 0 Å². The lowest BCUT2D eigenvalue weighted by Gasteiger charge is -2.20. The van der Waals surface area contributed by atoms with Crippen LogP contribution < -0.4 is 0 Å². The van der Waals surface area contributed by atoms with Crippen LogP contribution in [0.1, 0.15) is 78.6 Å². The van der Waals surface area contributed by atoms with E-state index in [1.165, 1.54) is 57.8 Å². The smallest absolute Gasteiger partial charge is 0.0875 e. The van der Waals surface area contributed by atoms with Gasteiger partial charge in [-0.05, 0) is 57.0 Å². The predicted molar refractivity (Wildman–Crippen MR) is 125 cm³/mol. The van der Waals surface area contributed by atoms with E-state index in [1.54, 1.807) is 0 Å². The van der Waals surface area contributed by atoms with Gasteiger partial charge in [0, 0.05) is 37.0 Å². The van der Waals surface area contributed by atoms with Gasteiger partial charge in [-0.1, -0.05) is 40.0 Å². The van der Waals surface area contributed by atoms with Crippen LogP contribution in [0.3, 0.4) is 0 Å². The standard InChI is InChI=1S/C8H17OP.C7H15OP.C6H13OP/c1-2-10(9)7-5-3-4-6-8-10;1-2-9(8)6-4-3-5-7-9;1-2-8(7)5-3-4-6-8/h2-8H2,1H3;2-7H2,1H3;2-6H2,1H3. The minimum atomic E-state index is -1.64. The lowest BCUT2D eigenvalue weighted by molar-refractivity contribution is 0.560. The Morgan fingerprint density at radius 1 is 0.407 bits per heavy atom. The van der Waals surface area contributed by atoms with Crippen LogP contribution in [0, 0.1) is 0 Å².